The second kappa shape index (κ2) is 11.7. The molecule has 0 saturated carbocycles. The summed E-state index contributed by atoms with van der Waals surface area (Å²) in [5.74, 6) is -0.330. The van der Waals surface area contributed by atoms with Crippen LogP contribution in [0.25, 0.3) is 0 Å². The number of nitro groups is 1. The molecule has 0 N–H and O–H groups in total. The Bertz CT molecular complexity index is 706. The molecule has 1 aromatic rings. The first-order valence-corrected chi connectivity index (χ1v) is 9.05. The van der Waals surface area contributed by atoms with E-state index >= 15 is 0 Å². The molecule has 0 aromatic heterocycles. The highest BCUT2D eigenvalue weighted by molar-refractivity contribution is 5.84. The lowest BCUT2D eigenvalue weighted by Crippen LogP contribution is -2.43. The average Bonchev–Trinajstić information content (AvgIpc) is 2.70. The van der Waals surface area contributed by atoms with Gasteiger partial charge in [-0.1, -0.05) is 19.8 Å². The largest absolute Gasteiger partial charge is 0.494 e. The number of rotatable bonds is 12. The summed E-state index contributed by atoms with van der Waals surface area (Å²) < 4.78 is 10.2. The van der Waals surface area contributed by atoms with Gasteiger partial charge in [-0.25, -0.2) is 4.79 Å². The van der Waals surface area contributed by atoms with E-state index in [1.54, 1.807) is 7.05 Å². The van der Waals surface area contributed by atoms with Crippen LogP contribution in [0.4, 0.5) is 5.69 Å². The van der Waals surface area contributed by atoms with E-state index in [-0.39, 0.29) is 30.2 Å². The summed E-state index contributed by atoms with van der Waals surface area (Å²) in [6.07, 6.45) is 3.20. The van der Waals surface area contributed by atoms with Crippen molar-refractivity contribution in [1.82, 2.24) is 4.90 Å². The number of likely N-dealkylation sites (N-methyl/N-ethyl adjacent to an activating group) is 1. The van der Waals surface area contributed by atoms with Gasteiger partial charge >= 0.3 is 5.97 Å². The number of unbranched alkanes of at least 4 members (excludes halogenated alkanes) is 1. The Kier molecular flexibility index (Phi) is 9.63. The minimum Gasteiger partial charge on any atom is -0.494 e. The van der Waals surface area contributed by atoms with Gasteiger partial charge in [0.15, 0.2) is 6.29 Å². The zero-order chi connectivity index (χ0) is 21.1. The fourth-order valence-corrected chi connectivity index (χ4v) is 2.65. The molecule has 0 saturated heterocycles. The highest BCUT2D eigenvalue weighted by atomic mass is 16.6. The van der Waals surface area contributed by atoms with Crippen LogP contribution in [0, 0.1) is 10.1 Å². The van der Waals surface area contributed by atoms with Crippen molar-refractivity contribution in [1.29, 1.82) is 0 Å². The van der Waals surface area contributed by atoms with Crippen molar-refractivity contribution in [2.75, 3.05) is 20.8 Å². The van der Waals surface area contributed by atoms with Gasteiger partial charge in [0.1, 0.15) is 11.8 Å². The number of methoxy groups -OCH3 is 1. The van der Waals surface area contributed by atoms with E-state index in [1.807, 2.05) is 6.92 Å². The zero-order valence-corrected chi connectivity index (χ0v) is 16.4. The summed E-state index contributed by atoms with van der Waals surface area (Å²) in [5, 5.41) is 10.8. The van der Waals surface area contributed by atoms with Gasteiger partial charge in [-0.05, 0) is 25.0 Å². The van der Waals surface area contributed by atoms with Gasteiger partial charge in [-0.2, -0.15) is 0 Å². The Morgan fingerprint density at radius 1 is 1.32 bits per heavy atom. The molecule has 0 radical (unpaired) electrons. The molecule has 1 atom stereocenters. The molecular weight excluding hydrogens is 368 g/mol. The van der Waals surface area contributed by atoms with Crippen molar-refractivity contribution in [3.8, 4) is 5.75 Å². The van der Waals surface area contributed by atoms with E-state index in [0.717, 1.165) is 12.8 Å². The molecule has 1 aromatic carbocycles. The summed E-state index contributed by atoms with van der Waals surface area (Å²) in [7, 11) is 2.87. The molecule has 0 bridgehead atoms. The molecule has 0 fully saturated rings. The number of esters is 1. The van der Waals surface area contributed by atoms with Crippen LogP contribution in [-0.4, -0.2) is 54.8 Å². The summed E-state index contributed by atoms with van der Waals surface area (Å²) in [5.41, 5.74) is -0.366. The van der Waals surface area contributed by atoms with Crippen LogP contribution in [0.15, 0.2) is 18.2 Å². The molecule has 154 valence electrons. The number of aldehydes is 1. The standard InChI is InChI=1S/C19H26N2O7/c1-4-5-7-17(19(24)27-3)20(2)18(23)8-6-11-28-15-9-10-16(21(25)26)14(12-15)13-22/h9-10,12-13,17H,4-8,11H2,1-3H3. The molecule has 9 nitrogen and oxygen atoms in total. The predicted octanol–water partition coefficient (Wildman–Crippen LogP) is 2.76. The monoisotopic (exact) mass is 394 g/mol. The van der Waals surface area contributed by atoms with Gasteiger partial charge in [-0.3, -0.25) is 19.7 Å². The van der Waals surface area contributed by atoms with E-state index in [1.165, 1.54) is 30.2 Å². The Morgan fingerprint density at radius 3 is 2.61 bits per heavy atom. The van der Waals surface area contributed by atoms with Crippen molar-refractivity contribution in [3.05, 3.63) is 33.9 Å². The van der Waals surface area contributed by atoms with Crippen LogP contribution in [0.2, 0.25) is 0 Å². The fourth-order valence-electron chi connectivity index (χ4n) is 2.65. The van der Waals surface area contributed by atoms with Crippen molar-refractivity contribution in [2.45, 2.75) is 45.1 Å². The fraction of sp³-hybridized carbons (Fsp3) is 0.526. The summed E-state index contributed by atoms with van der Waals surface area (Å²) in [4.78, 5) is 46.8. The van der Waals surface area contributed by atoms with Crippen LogP contribution in [0.5, 0.6) is 5.75 Å². The number of hydrogen-bond donors (Lipinski definition) is 0. The number of ether oxygens (including phenoxy) is 2. The van der Waals surface area contributed by atoms with Gasteiger partial charge in [0.2, 0.25) is 5.91 Å². The van der Waals surface area contributed by atoms with Gasteiger partial charge in [0.25, 0.3) is 5.69 Å². The van der Waals surface area contributed by atoms with Gasteiger partial charge in [0.05, 0.1) is 24.2 Å². The number of nitrogens with zero attached hydrogens (tertiary/aromatic N) is 2. The molecule has 0 spiro atoms. The number of carbonyl (C=O) groups excluding carboxylic acids is 3. The molecule has 1 rings (SSSR count). The lowest BCUT2D eigenvalue weighted by Gasteiger charge is -2.26. The first-order valence-electron chi connectivity index (χ1n) is 9.05. The molecule has 0 aliphatic heterocycles. The minimum absolute atomic E-state index is 0.0739. The number of benzene rings is 1. The molecule has 0 heterocycles. The van der Waals surface area contributed by atoms with Crippen LogP contribution in [0.1, 0.15) is 49.4 Å². The first-order chi connectivity index (χ1) is 13.3. The van der Waals surface area contributed by atoms with Crippen LogP contribution >= 0.6 is 0 Å². The lowest BCUT2D eigenvalue weighted by atomic mass is 10.1. The van der Waals surface area contributed by atoms with Crippen molar-refractivity contribution in [2.24, 2.45) is 0 Å². The predicted molar refractivity (Wildman–Crippen MR) is 101 cm³/mol. The molecule has 1 unspecified atom stereocenters. The van der Waals surface area contributed by atoms with E-state index < -0.39 is 16.9 Å². The van der Waals surface area contributed by atoms with Crippen molar-refractivity contribution in [3.63, 3.8) is 0 Å². The highest BCUT2D eigenvalue weighted by Gasteiger charge is 2.26. The van der Waals surface area contributed by atoms with Gasteiger partial charge in [-0.15, -0.1) is 0 Å². The summed E-state index contributed by atoms with van der Waals surface area (Å²) in [6.45, 7) is 2.19. The quantitative estimate of drug-likeness (QED) is 0.176. The van der Waals surface area contributed by atoms with Crippen LogP contribution in [-0.2, 0) is 14.3 Å². The maximum absolute atomic E-state index is 12.3. The third-order valence-corrected chi connectivity index (χ3v) is 4.29. The molecule has 28 heavy (non-hydrogen) atoms. The first kappa shape index (κ1) is 23.1. The van der Waals surface area contributed by atoms with Crippen molar-refractivity contribution < 1.29 is 28.8 Å². The van der Waals surface area contributed by atoms with E-state index in [9.17, 15) is 24.5 Å². The van der Waals surface area contributed by atoms with Gasteiger partial charge in [0, 0.05) is 19.5 Å². The number of carbonyl (C=O) groups is 3. The van der Waals surface area contributed by atoms with Gasteiger partial charge < -0.3 is 14.4 Å². The summed E-state index contributed by atoms with van der Waals surface area (Å²) in [6, 6.07) is 3.28. The van der Waals surface area contributed by atoms with E-state index in [4.69, 9.17) is 9.47 Å². The van der Waals surface area contributed by atoms with Crippen molar-refractivity contribution >= 4 is 23.9 Å². The maximum Gasteiger partial charge on any atom is 0.328 e. The average molecular weight is 394 g/mol. The number of hydrogen-bond acceptors (Lipinski definition) is 7. The molecular formula is C19H26N2O7. The second-order valence-electron chi connectivity index (χ2n) is 6.23. The Hall–Kier alpha value is -2.97. The SMILES string of the molecule is CCCCC(C(=O)OC)N(C)C(=O)CCCOc1ccc([N+](=O)[O-])c(C=O)c1. The second-order valence-corrected chi connectivity index (χ2v) is 6.23. The Labute approximate surface area is 163 Å². The molecule has 1 amide bonds. The van der Waals surface area contributed by atoms with E-state index in [2.05, 4.69) is 0 Å². The van der Waals surface area contributed by atoms with Crippen LogP contribution < -0.4 is 4.74 Å². The number of amides is 1. The zero-order valence-electron chi connectivity index (χ0n) is 16.4. The number of nitro benzene ring substituents is 1. The molecule has 9 heteroatoms. The summed E-state index contributed by atoms with van der Waals surface area (Å²) >= 11 is 0. The lowest BCUT2D eigenvalue weighted by molar-refractivity contribution is -0.385. The smallest absolute Gasteiger partial charge is 0.328 e. The Morgan fingerprint density at radius 2 is 2.04 bits per heavy atom. The molecule has 0 aliphatic carbocycles. The third-order valence-electron chi connectivity index (χ3n) is 4.29. The Balaban J connectivity index is 2.56. The normalized spacial score (nSPS) is 11.4. The highest BCUT2D eigenvalue weighted by Crippen LogP contribution is 2.22. The third kappa shape index (κ3) is 6.64. The minimum atomic E-state index is -0.641. The van der Waals surface area contributed by atoms with Crippen LogP contribution in [0.3, 0.4) is 0 Å². The topological polar surface area (TPSA) is 116 Å². The molecule has 0 aliphatic rings. The maximum atomic E-state index is 12.3. The van der Waals surface area contributed by atoms with E-state index in [0.29, 0.717) is 24.9 Å².